The van der Waals surface area contributed by atoms with Crippen molar-refractivity contribution in [2.24, 2.45) is 0 Å². The van der Waals surface area contributed by atoms with E-state index in [1.165, 1.54) is 0 Å². The van der Waals surface area contributed by atoms with E-state index in [1.807, 2.05) is 0 Å². The summed E-state index contributed by atoms with van der Waals surface area (Å²) in [6, 6.07) is 1.65. The van der Waals surface area contributed by atoms with Crippen LogP contribution in [0.1, 0.15) is 4.88 Å². The first-order valence-corrected chi connectivity index (χ1v) is 7.64. The number of nitrogens with zero attached hydrogens (tertiary/aromatic N) is 1. The normalized spacial score (nSPS) is 11.9. The summed E-state index contributed by atoms with van der Waals surface area (Å²) in [7, 11) is -3.33. The van der Waals surface area contributed by atoms with E-state index in [0.29, 0.717) is 17.1 Å². The van der Waals surface area contributed by atoms with Gasteiger partial charge in [0.25, 0.3) is 0 Å². The van der Waals surface area contributed by atoms with Gasteiger partial charge in [0.2, 0.25) is 5.89 Å². The van der Waals surface area contributed by atoms with Gasteiger partial charge in [-0.25, -0.2) is 13.2 Å². The minimum Gasteiger partial charge on any atom is -0.394 e. The third-order valence-corrected chi connectivity index (χ3v) is 5.16. The highest BCUT2D eigenvalue weighted by molar-refractivity contribution is 7.92. The van der Waals surface area contributed by atoms with Crippen LogP contribution in [-0.4, -0.2) is 19.0 Å². The van der Waals surface area contributed by atoms with Crippen LogP contribution in [0.15, 0.2) is 19.5 Å². The van der Waals surface area contributed by atoms with Crippen molar-refractivity contribution < 1.29 is 12.8 Å². The quantitative estimate of drug-likeness (QED) is 0.832. The Morgan fingerprint density at radius 1 is 1.44 bits per heavy atom. The summed E-state index contributed by atoms with van der Waals surface area (Å²) in [5.74, 6) is 0.0692. The van der Waals surface area contributed by atoms with Gasteiger partial charge in [-0.3, -0.25) is 0 Å². The molecule has 86 valence electrons. The number of aromatic nitrogens is 1. The van der Waals surface area contributed by atoms with Gasteiger partial charge >= 0.3 is 4.94 Å². The van der Waals surface area contributed by atoms with Gasteiger partial charge in [-0.2, -0.15) is 0 Å². The largest absolute Gasteiger partial charge is 0.414 e. The lowest BCUT2D eigenvalue weighted by Gasteiger charge is -1.95. The molecule has 0 atom stereocenters. The molecule has 0 bridgehead atoms. The molecule has 2 rings (SSSR count). The molecule has 0 N–H and O–H groups in total. The van der Waals surface area contributed by atoms with Crippen molar-refractivity contribution in [2.75, 3.05) is 6.26 Å². The maximum Gasteiger partial charge on any atom is 0.414 e. The topological polar surface area (TPSA) is 77.2 Å². The summed E-state index contributed by atoms with van der Waals surface area (Å²) in [5, 5.41) is 0. The second kappa shape index (κ2) is 3.79. The lowest BCUT2D eigenvalue weighted by molar-refractivity contribution is 0.541. The summed E-state index contributed by atoms with van der Waals surface area (Å²) < 4.78 is 31.8. The highest BCUT2D eigenvalue weighted by atomic mass is 32.2. The monoisotopic (exact) mass is 277 g/mol. The molecule has 0 saturated heterocycles. The van der Waals surface area contributed by atoms with Gasteiger partial charge in [-0.15, -0.1) is 15.7 Å². The highest BCUT2D eigenvalue weighted by Gasteiger charge is 2.21. The summed E-state index contributed by atoms with van der Waals surface area (Å²) in [6.45, 7) is 1.79. The third kappa shape index (κ3) is 2.08. The van der Waals surface area contributed by atoms with E-state index in [9.17, 15) is 13.2 Å². The zero-order chi connectivity index (χ0) is 11.9. The maximum absolute atomic E-state index is 11.5. The zero-order valence-corrected chi connectivity index (χ0v) is 10.8. The first-order chi connectivity index (χ1) is 7.38. The minimum absolute atomic E-state index is 0.0692. The summed E-state index contributed by atoms with van der Waals surface area (Å²) in [4.78, 5) is 11.2. The lowest BCUT2D eigenvalue weighted by atomic mass is 10.3. The van der Waals surface area contributed by atoms with Crippen LogP contribution < -0.4 is 4.94 Å². The molecule has 5 nitrogen and oxygen atoms in total. The van der Waals surface area contributed by atoms with E-state index in [1.54, 1.807) is 13.0 Å². The fourth-order valence-electron chi connectivity index (χ4n) is 1.22. The molecule has 2 heterocycles. The molecule has 0 radical (unpaired) electrons. The first-order valence-electron chi connectivity index (χ1n) is 4.15. The number of sulfone groups is 1. The Hall–Kier alpha value is -0.990. The molecule has 0 aliphatic heterocycles. The molecule has 8 heteroatoms. The SMILES string of the molecule is Cc1cc(-c2nsc(=O)o2)c(S(C)(=O)=O)s1. The molecule has 0 fully saturated rings. The van der Waals surface area contributed by atoms with E-state index in [0.717, 1.165) is 22.5 Å². The molecule has 0 unspecified atom stereocenters. The van der Waals surface area contributed by atoms with Crippen LogP contribution in [0.5, 0.6) is 0 Å². The van der Waals surface area contributed by atoms with Gasteiger partial charge in [0, 0.05) is 11.1 Å². The Labute approximate surface area is 99.5 Å². The maximum atomic E-state index is 11.5. The molecular formula is C8H7NO4S3. The van der Waals surface area contributed by atoms with Crippen molar-refractivity contribution in [3.63, 3.8) is 0 Å². The van der Waals surface area contributed by atoms with Gasteiger partial charge in [0.15, 0.2) is 9.84 Å². The van der Waals surface area contributed by atoms with Crippen molar-refractivity contribution in [1.82, 2.24) is 4.37 Å². The standard InChI is InChI=1S/C8H7NO4S3/c1-4-3-5(6-9-15-8(10)13-6)7(14-4)16(2,11)12/h3H,1-2H3. The van der Waals surface area contributed by atoms with Crippen LogP contribution in [-0.2, 0) is 9.84 Å². The van der Waals surface area contributed by atoms with Crippen LogP contribution in [0.3, 0.4) is 0 Å². The summed E-state index contributed by atoms with van der Waals surface area (Å²) >= 11 is 1.81. The van der Waals surface area contributed by atoms with Crippen molar-refractivity contribution in [3.8, 4) is 11.5 Å². The fourth-order valence-corrected chi connectivity index (χ4v) is 3.90. The Balaban J connectivity index is 2.70. The smallest absolute Gasteiger partial charge is 0.394 e. The van der Waals surface area contributed by atoms with Gasteiger partial charge < -0.3 is 4.42 Å². The molecule has 2 aromatic heterocycles. The number of aryl methyl sites for hydroxylation is 1. The predicted molar refractivity (Wildman–Crippen MR) is 61.8 cm³/mol. The first kappa shape index (κ1) is 11.5. The second-order valence-electron chi connectivity index (χ2n) is 3.17. The molecule has 0 saturated carbocycles. The highest BCUT2D eigenvalue weighted by Crippen LogP contribution is 2.33. The summed E-state index contributed by atoms with van der Waals surface area (Å²) in [5.41, 5.74) is 0.364. The van der Waals surface area contributed by atoms with Crippen molar-refractivity contribution in [1.29, 1.82) is 0 Å². The van der Waals surface area contributed by atoms with E-state index in [2.05, 4.69) is 4.37 Å². The molecule has 0 aromatic carbocycles. The van der Waals surface area contributed by atoms with Crippen LogP contribution in [0.25, 0.3) is 11.5 Å². The molecule has 16 heavy (non-hydrogen) atoms. The fraction of sp³-hybridized carbons (Fsp3) is 0.250. The zero-order valence-electron chi connectivity index (χ0n) is 8.38. The molecular weight excluding hydrogens is 270 g/mol. The third-order valence-electron chi connectivity index (χ3n) is 1.77. The Bertz CT molecular complexity index is 676. The Kier molecular flexibility index (Phi) is 2.72. The van der Waals surface area contributed by atoms with Crippen molar-refractivity contribution >= 4 is 32.7 Å². The number of hydrogen-bond donors (Lipinski definition) is 0. The van der Waals surface area contributed by atoms with E-state index in [4.69, 9.17) is 4.42 Å². The molecule has 0 aliphatic rings. The average molecular weight is 277 g/mol. The Morgan fingerprint density at radius 3 is 2.62 bits per heavy atom. The van der Waals surface area contributed by atoms with Crippen LogP contribution in [0.4, 0.5) is 0 Å². The van der Waals surface area contributed by atoms with Gasteiger partial charge in [-0.1, -0.05) is 0 Å². The predicted octanol–water partition coefficient (Wildman–Crippen LogP) is 1.54. The second-order valence-corrected chi connectivity index (χ2v) is 7.34. The van der Waals surface area contributed by atoms with Gasteiger partial charge in [0.05, 0.1) is 17.1 Å². The molecule has 0 amide bonds. The van der Waals surface area contributed by atoms with Crippen LogP contribution >= 0.6 is 22.9 Å². The molecule has 0 spiro atoms. The minimum atomic E-state index is -3.33. The Morgan fingerprint density at radius 2 is 2.12 bits per heavy atom. The van der Waals surface area contributed by atoms with Gasteiger partial charge in [0.1, 0.15) is 4.21 Å². The average Bonchev–Trinajstić information content (AvgIpc) is 2.70. The van der Waals surface area contributed by atoms with Crippen molar-refractivity contribution in [2.45, 2.75) is 11.1 Å². The summed E-state index contributed by atoms with van der Waals surface area (Å²) in [6.07, 6.45) is 1.12. The van der Waals surface area contributed by atoms with E-state index < -0.39 is 14.8 Å². The molecule has 0 aliphatic carbocycles. The van der Waals surface area contributed by atoms with E-state index in [-0.39, 0.29) is 10.1 Å². The van der Waals surface area contributed by atoms with Crippen LogP contribution in [0.2, 0.25) is 0 Å². The molecule has 2 aromatic rings. The van der Waals surface area contributed by atoms with Gasteiger partial charge in [-0.05, 0) is 13.0 Å². The number of rotatable bonds is 2. The van der Waals surface area contributed by atoms with Crippen LogP contribution in [0, 0.1) is 6.92 Å². The van der Waals surface area contributed by atoms with E-state index >= 15 is 0 Å². The number of thiophene rings is 1. The van der Waals surface area contributed by atoms with Crippen molar-refractivity contribution in [3.05, 3.63) is 20.7 Å². The lowest BCUT2D eigenvalue weighted by Crippen LogP contribution is -1.95. The number of hydrogen-bond acceptors (Lipinski definition) is 7.